The first-order chi connectivity index (χ1) is 14.1. The molecule has 4 aromatic rings. The second-order valence-corrected chi connectivity index (χ2v) is 7.59. The molecule has 0 atom stereocenters. The van der Waals surface area contributed by atoms with E-state index in [1.54, 1.807) is 35.3 Å². The van der Waals surface area contributed by atoms with Crippen LogP contribution in [0.4, 0.5) is 4.39 Å². The standard InChI is InChI=1S/C21H19FN6O/c22-18-9-15(17-11-24-20-23-5-7-27(20)12-17)8-16(10-18)19(29)25-13-21(2-3-21)14-28-6-1-4-26-28/h1,4-12H,2-3,13-14H2,(H,25,29). The van der Waals surface area contributed by atoms with Crippen LogP contribution < -0.4 is 5.32 Å². The topological polar surface area (TPSA) is 77.1 Å². The van der Waals surface area contributed by atoms with Crippen molar-refractivity contribution in [3.63, 3.8) is 0 Å². The summed E-state index contributed by atoms with van der Waals surface area (Å²) < 4.78 is 17.9. The molecule has 1 N–H and O–H groups in total. The monoisotopic (exact) mass is 390 g/mol. The van der Waals surface area contributed by atoms with Gasteiger partial charge in [0.15, 0.2) is 0 Å². The molecule has 7 nitrogen and oxygen atoms in total. The summed E-state index contributed by atoms with van der Waals surface area (Å²) in [5, 5.41) is 7.21. The molecule has 1 aliphatic carbocycles. The lowest BCUT2D eigenvalue weighted by Gasteiger charge is -2.16. The lowest BCUT2D eigenvalue weighted by molar-refractivity contribution is 0.0942. The molecule has 0 spiro atoms. The number of benzene rings is 1. The first-order valence-corrected chi connectivity index (χ1v) is 9.46. The molecule has 1 aliphatic rings. The fourth-order valence-electron chi connectivity index (χ4n) is 3.53. The average molecular weight is 390 g/mol. The smallest absolute Gasteiger partial charge is 0.251 e. The lowest BCUT2D eigenvalue weighted by Crippen LogP contribution is -2.32. The van der Waals surface area contributed by atoms with Crippen molar-refractivity contribution >= 4 is 11.7 Å². The van der Waals surface area contributed by atoms with E-state index < -0.39 is 5.82 Å². The van der Waals surface area contributed by atoms with E-state index in [4.69, 9.17) is 0 Å². The van der Waals surface area contributed by atoms with Gasteiger partial charge in [-0.3, -0.25) is 13.9 Å². The Bertz CT molecular complexity index is 1180. The van der Waals surface area contributed by atoms with Gasteiger partial charge in [0.1, 0.15) is 5.82 Å². The molecule has 0 saturated heterocycles. The van der Waals surface area contributed by atoms with Gasteiger partial charge in [0.05, 0.1) is 0 Å². The van der Waals surface area contributed by atoms with Crippen molar-refractivity contribution < 1.29 is 9.18 Å². The highest BCUT2D eigenvalue weighted by atomic mass is 19.1. The largest absolute Gasteiger partial charge is 0.351 e. The minimum absolute atomic E-state index is 0.0359. The van der Waals surface area contributed by atoms with Crippen molar-refractivity contribution in [2.24, 2.45) is 5.41 Å². The van der Waals surface area contributed by atoms with Crippen molar-refractivity contribution in [2.45, 2.75) is 19.4 Å². The van der Waals surface area contributed by atoms with E-state index in [9.17, 15) is 9.18 Å². The number of fused-ring (bicyclic) bond motifs is 1. The zero-order valence-corrected chi connectivity index (χ0v) is 15.6. The Labute approximate surface area is 166 Å². The van der Waals surface area contributed by atoms with Gasteiger partial charge in [-0.1, -0.05) is 0 Å². The molecule has 8 heteroatoms. The highest BCUT2D eigenvalue weighted by Gasteiger charge is 2.43. The maximum Gasteiger partial charge on any atom is 0.251 e. The normalized spacial score (nSPS) is 14.8. The van der Waals surface area contributed by atoms with Gasteiger partial charge in [-0.05, 0) is 42.7 Å². The Kier molecular flexibility index (Phi) is 4.12. The Hall–Kier alpha value is -3.55. The van der Waals surface area contributed by atoms with Crippen molar-refractivity contribution in [2.75, 3.05) is 6.54 Å². The van der Waals surface area contributed by atoms with Gasteiger partial charge in [-0.15, -0.1) is 0 Å². The number of carbonyl (C=O) groups excluding carboxylic acids is 1. The van der Waals surface area contributed by atoms with Gasteiger partial charge >= 0.3 is 0 Å². The van der Waals surface area contributed by atoms with E-state index in [1.165, 1.54) is 12.1 Å². The van der Waals surface area contributed by atoms with Crippen LogP contribution in [-0.2, 0) is 6.54 Å². The number of aromatic nitrogens is 5. The number of imidazole rings is 1. The molecular weight excluding hydrogens is 371 g/mol. The predicted octanol–water partition coefficient (Wildman–Crippen LogP) is 2.94. The minimum atomic E-state index is -0.462. The Morgan fingerprint density at radius 2 is 2.03 bits per heavy atom. The van der Waals surface area contributed by atoms with Crippen LogP contribution in [0.2, 0.25) is 0 Å². The Morgan fingerprint density at radius 1 is 1.14 bits per heavy atom. The molecule has 29 heavy (non-hydrogen) atoms. The molecule has 146 valence electrons. The molecule has 0 unspecified atom stereocenters. The summed E-state index contributed by atoms with van der Waals surface area (Å²) in [6, 6.07) is 6.23. The average Bonchev–Trinajstić information content (AvgIpc) is 3.08. The number of nitrogens with one attached hydrogen (secondary N) is 1. The van der Waals surface area contributed by atoms with Crippen LogP contribution in [0.3, 0.4) is 0 Å². The van der Waals surface area contributed by atoms with Gasteiger partial charge in [0.25, 0.3) is 5.91 Å². The molecule has 0 bridgehead atoms. The number of nitrogens with zero attached hydrogens (tertiary/aromatic N) is 5. The fraction of sp³-hybridized carbons (Fsp3) is 0.238. The number of carbonyl (C=O) groups is 1. The third kappa shape index (κ3) is 3.61. The summed E-state index contributed by atoms with van der Waals surface area (Å²) in [5.41, 5.74) is 1.63. The van der Waals surface area contributed by atoms with E-state index in [2.05, 4.69) is 20.4 Å². The number of hydrogen-bond acceptors (Lipinski definition) is 4. The van der Waals surface area contributed by atoms with Crippen LogP contribution in [0.1, 0.15) is 23.2 Å². The molecular formula is C21H19FN6O. The van der Waals surface area contributed by atoms with Crippen LogP contribution in [0.5, 0.6) is 0 Å². The number of rotatable bonds is 6. The number of amides is 1. The van der Waals surface area contributed by atoms with Gasteiger partial charge in [-0.2, -0.15) is 5.10 Å². The lowest BCUT2D eigenvalue weighted by atomic mass is 10.0. The predicted molar refractivity (Wildman–Crippen MR) is 105 cm³/mol. The van der Waals surface area contributed by atoms with Crippen molar-refractivity contribution in [1.82, 2.24) is 29.5 Å². The fourth-order valence-corrected chi connectivity index (χ4v) is 3.53. The molecule has 1 saturated carbocycles. The maximum absolute atomic E-state index is 14.2. The first kappa shape index (κ1) is 17.5. The number of hydrogen-bond donors (Lipinski definition) is 1. The summed E-state index contributed by atoms with van der Waals surface area (Å²) in [7, 11) is 0. The zero-order chi connectivity index (χ0) is 19.8. The molecule has 0 radical (unpaired) electrons. The molecule has 0 aliphatic heterocycles. The Morgan fingerprint density at radius 3 is 2.83 bits per heavy atom. The van der Waals surface area contributed by atoms with Crippen LogP contribution in [-0.4, -0.2) is 36.6 Å². The van der Waals surface area contributed by atoms with E-state index in [0.717, 1.165) is 19.4 Å². The minimum Gasteiger partial charge on any atom is -0.351 e. The highest BCUT2D eigenvalue weighted by molar-refractivity contribution is 5.95. The van der Waals surface area contributed by atoms with Crippen molar-refractivity contribution in [3.8, 4) is 11.1 Å². The highest BCUT2D eigenvalue weighted by Crippen LogP contribution is 2.46. The third-order valence-corrected chi connectivity index (χ3v) is 5.38. The maximum atomic E-state index is 14.2. The van der Waals surface area contributed by atoms with Crippen LogP contribution in [0, 0.1) is 11.2 Å². The summed E-state index contributed by atoms with van der Waals surface area (Å²) >= 11 is 0. The molecule has 5 rings (SSSR count). The zero-order valence-electron chi connectivity index (χ0n) is 15.6. The summed E-state index contributed by atoms with van der Waals surface area (Å²) in [4.78, 5) is 21.1. The van der Waals surface area contributed by atoms with Gasteiger partial charge in [0.2, 0.25) is 5.78 Å². The molecule has 1 fully saturated rings. The van der Waals surface area contributed by atoms with Crippen molar-refractivity contribution in [3.05, 3.63) is 72.8 Å². The van der Waals surface area contributed by atoms with Crippen LogP contribution in [0.25, 0.3) is 16.9 Å². The van der Waals surface area contributed by atoms with Gasteiger partial charge in [-0.25, -0.2) is 14.4 Å². The second kappa shape index (κ2) is 6.80. The number of halogens is 1. The molecule has 1 amide bonds. The third-order valence-electron chi connectivity index (χ3n) is 5.38. The molecule has 3 aromatic heterocycles. The molecule has 3 heterocycles. The van der Waals surface area contributed by atoms with Gasteiger partial charge < -0.3 is 5.32 Å². The van der Waals surface area contributed by atoms with E-state index in [-0.39, 0.29) is 11.3 Å². The van der Waals surface area contributed by atoms with E-state index >= 15 is 0 Å². The second-order valence-electron chi connectivity index (χ2n) is 7.59. The first-order valence-electron chi connectivity index (χ1n) is 9.46. The van der Waals surface area contributed by atoms with Crippen LogP contribution >= 0.6 is 0 Å². The quantitative estimate of drug-likeness (QED) is 0.549. The Balaban J connectivity index is 1.33. The van der Waals surface area contributed by atoms with Crippen LogP contribution in [0.15, 0.2) is 61.4 Å². The van der Waals surface area contributed by atoms with Crippen molar-refractivity contribution in [1.29, 1.82) is 0 Å². The SMILES string of the molecule is O=C(NCC1(Cn2cccn2)CC1)c1cc(F)cc(-c2cnc3nccn3c2)c1. The summed E-state index contributed by atoms with van der Waals surface area (Å²) in [5.74, 6) is -0.180. The molecule has 1 aromatic carbocycles. The van der Waals surface area contributed by atoms with Gasteiger partial charge in [0, 0.05) is 66.8 Å². The summed E-state index contributed by atoms with van der Waals surface area (Å²) in [6.45, 7) is 1.31. The summed E-state index contributed by atoms with van der Waals surface area (Å²) in [6.07, 6.45) is 12.6. The van der Waals surface area contributed by atoms with E-state index in [0.29, 0.717) is 29.0 Å². The van der Waals surface area contributed by atoms with E-state index in [1.807, 2.05) is 23.1 Å².